The van der Waals surface area contributed by atoms with Gasteiger partial charge in [-0.2, -0.15) is 0 Å². The summed E-state index contributed by atoms with van der Waals surface area (Å²) in [6.07, 6.45) is 7.75. The van der Waals surface area contributed by atoms with Crippen LogP contribution in [-0.2, 0) is 17.8 Å². The summed E-state index contributed by atoms with van der Waals surface area (Å²) in [4.78, 5) is 8.74. The molecule has 27 heavy (non-hydrogen) atoms. The largest absolute Gasteiger partial charge is 0.382 e. The highest BCUT2D eigenvalue weighted by atomic mass is 127. The molecule has 2 N–H and O–H groups in total. The number of unbranched alkanes of at least 4 members (excludes halogenated alkanes) is 1. The Morgan fingerprint density at radius 3 is 2.56 bits per heavy atom. The maximum absolute atomic E-state index is 5.36. The van der Waals surface area contributed by atoms with Crippen LogP contribution >= 0.6 is 24.0 Å². The van der Waals surface area contributed by atoms with Gasteiger partial charge in [-0.15, -0.1) is 24.0 Å². The van der Waals surface area contributed by atoms with Gasteiger partial charge in [0.1, 0.15) is 0 Å². The van der Waals surface area contributed by atoms with E-state index in [9.17, 15) is 0 Å². The zero-order valence-electron chi connectivity index (χ0n) is 16.4. The molecule has 0 saturated carbocycles. The highest BCUT2D eigenvalue weighted by Gasteiger charge is 1.99. The summed E-state index contributed by atoms with van der Waals surface area (Å²) >= 11 is 0. The molecule has 1 aromatic heterocycles. The lowest BCUT2D eigenvalue weighted by atomic mass is 10.1. The fourth-order valence-corrected chi connectivity index (χ4v) is 2.53. The van der Waals surface area contributed by atoms with Gasteiger partial charge in [-0.3, -0.25) is 0 Å². The minimum atomic E-state index is 0. The van der Waals surface area contributed by atoms with Crippen molar-refractivity contribution >= 4 is 29.9 Å². The van der Waals surface area contributed by atoms with Crippen molar-refractivity contribution in [3.05, 3.63) is 54.1 Å². The van der Waals surface area contributed by atoms with Gasteiger partial charge in [0.2, 0.25) is 0 Å². The first-order valence-corrected chi connectivity index (χ1v) is 9.45. The summed E-state index contributed by atoms with van der Waals surface area (Å²) < 4.78 is 7.42. The maximum Gasteiger partial charge on any atom is 0.191 e. The van der Waals surface area contributed by atoms with Gasteiger partial charge in [0.15, 0.2) is 5.96 Å². The van der Waals surface area contributed by atoms with Crippen molar-refractivity contribution in [1.29, 1.82) is 0 Å². The van der Waals surface area contributed by atoms with Crippen molar-refractivity contribution in [2.75, 3.05) is 26.3 Å². The Labute approximate surface area is 179 Å². The predicted molar refractivity (Wildman–Crippen MR) is 122 cm³/mol. The molecule has 1 aromatic carbocycles. The number of ether oxygens (including phenoxy) is 1. The van der Waals surface area contributed by atoms with Crippen LogP contribution in [0.2, 0.25) is 0 Å². The van der Waals surface area contributed by atoms with E-state index in [2.05, 4.69) is 56.4 Å². The second-order valence-electron chi connectivity index (χ2n) is 6.08. The molecule has 7 heteroatoms. The number of benzene rings is 1. The number of aromatic nitrogens is 2. The number of nitrogens with zero attached hydrogens (tertiary/aromatic N) is 3. The van der Waals surface area contributed by atoms with E-state index in [4.69, 9.17) is 4.74 Å². The molecule has 2 rings (SSSR count). The summed E-state index contributed by atoms with van der Waals surface area (Å²) in [6, 6.07) is 8.58. The molecule has 0 aliphatic heterocycles. The Hall–Kier alpha value is -1.61. The fourth-order valence-electron chi connectivity index (χ4n) is 2.53. The normalized spacial score (nSPS) is 11.1. The molecule has 0 saturated heterocycles. The molecule has 0 atom stereocenters. The number of nitrogens with one attached hydrogen (secondary N) is 2. The zero-order valence-corrected chi connectivity index (χ0v) is 18.7. The zero-order chi connectivity index (χ0) is 18.5. The van der Waals surface area contributed by atoms with E-state index >= 15 is 0 Å². The van der Waals surface area contributed by atoms with Crippen LogP contribution in [0, 0.1) is 0 Å². The topological polar surface area (TPSA) is 63.5 Å². The molecule has 150 valence electrons. The van der Waals surface area contributed by atoms with Gasteiger partial charge in [-0.25, -0.2) is 9.98 Å². The number of rotatable bonds is 11. The van der Waals surface area contributed by atoms with E-state index in [1.54, 1.807) is 6.20 Å². The van der Waals surface area contributed by atoms with E-state index in [-0.39, 0.29) is 24.0 Å². The van der Waals surface area contributed by atoms with Crippen LogP contribution in [0.15, 0.2) is 48.0 Å². The third-order valence-corrected chi connectivity index (χ3v) is 3.92. The highest BCUT2D eigenvalue weighted by Crippen LogP contribution is 2.07. The molecular formula is C20H32IN5O. The van der Waals surface area contributed by atoms with Crippen molar-refractivity contribution in [1.82, 2.24) is 20.2 Å². The van der Waals surface area contributed by atoms with Crippen molar-refractivity contribution in [3.8, 4) is 0 Å². The number of halogens is 1. The molecule has 0 spiro atoms. The predicted octanol–water partition coefficient (Wildman–Crippen LogP) is 3.42. The maximum atomic E-state index is 5.36. The molecule has 0 aliphatic carbocycles. The molecular weight excluding hydrogens is 453 g/mol. The van der Waals surface area contributed by atoms with Crippen molar-refractivity contribution in [2.45, 2.75) is 39.8 Å². The molecule has 2 aromatic rings. The van der Waals surface area contributed by atoms with E-state index in [0.29, 0.717) is 6.54 Å². The van der Waals surface area contributed by atoms with Gasteiger partial charge in [0, 0.05) is 45.2 Å². The molecule has 1 heterocycles. The van der Waals surface area contributed by atoms with Gasteiger partial charge in [-0.1, -0.05) is 24.3 Å². The van der Waals surface area contributed by atoms with Gasteiger partial charge >= 0.3 is 0 Å². The number of hydrogen-bond donors (Lipinski definition) is 2. The lowest BCUT2D eigenvalue weighted by molar-refractivity contribution is 0.143. The first kappa shape index (κ1) is 23.4. The molecule has 0 fully saturated rings. The monoisotopic (exact) mass is 485 g/mol. The van der Waals surface area contributed by atoms with Gasteiger partial charge in [-0.05, 0) is 37.8 Å². The summed E-state index contributed by atoms with van der Waals surface area (Å²) in [5.41, 5.74) is 2.46. The SMILES string of the molecule is CCNC(=NCc1ccc(Cn2ccnc2)cc1)NCCCCOCC.I. The summed E-state index contributed by atoms with van der Waals surface area (Å²) in [7, 11) is 0. The standard InChI is InChI=1S/C20H31N5O.HI/c1-3-22-20(23-11-5-6-14-26-4-2)24-15-18-7-9-19(10-8-18)16-25-13-12-21-17-25;/h7-10,12-13,17H,3-6,11,14-16H2,1-2H3,(H2,22,23,24);1H. The van der Waals surface area contributed by atoms with Crippen LogP contribution < -0.4 is 10.6 Å². The third kappa shape index (κ3) is 9.76. The van der Waals surface area contributed by atoms with Crippen molar-refractivity contribution < 1.29 is 4.74 Å². The minimum absolute atomic E-state index is 0. The minimum Gasteiger partial charge on any atom is -0.382 e. The first-order chi connectivity index (χ1) is 12.8. The van der Waals surface area contributed by atoms with Gasteiger partial charge < -0.3 is 19.9 Å². The lowest BCUT2D eigenvalue weighted by Crippen LogP contribution is -2.37. The Balaban J connectivity index is 0.00000364. The Morgan fingerprint density at radius 2 is 1.89 bits per heavy atom. The Kier molecular flexibility index (Phi) is 12.5. The average molecular weight is 485 g/mol. The summed E-state index contributed by atoms with van der Waals surface area (Å²) in [5.74, 6) is 0.867. The van der Waals surface area contributed by atoms with Crippen LogP contribution in [0.25, 0.3) is 0 Å². The third-order valence-electron chi connectivity index (χ3n) is 3.92. The van der Waals surface area contributed by atoms with Crippen LogP contribution in [-0.4, -0.2) is 41.8 Å². The number of imidazole rings is 1. The molecule has 0 unspecified atom stereocenters. The van der Waals surface area contributed by atoms with Crippen molar-refractivity contribution in [2.24, 2.45) is 4.99 Å². The van der Waals surface area contributed by atoms with Gasteiger partial charge in [0.25, 0.3) is 0 Å². The van der Waals surface area contributed by atoms with Crippen LogP contribution in [0.5, 0.6) is 0 Å². The van der Waals surface area contributed by atoms with E-state index in [1.807, 2.05) is 19.4 Å². The Morgan fingerprint density at radius 1 is 1.11 bits per heavy atom. The lowest BCUT2D eigenvalue weighted by Gasteiger charge is -2.11. The van der Waals surface area contributed by atoms with Crippen LogP contribution in [0.1, 0.15) is 37.8 Å². The molecule has 0 amide bonds. The quantitative estimate of drug-likeness (QED) is 0.222. The van der Waals surface area contributed by atoms with Gasteiger partial charge in [0.05, 0.1) is 12.9 Å². The van der Waals surface area contributed by atoms with Crippen LogP contribution in [0.3, 0.4) is 0 Å². The molecule has 0 aliphatic rings. The Bertz CT molecular complexity index is 628. The average Bonchev–Trinajstić information content (AvgIpc) is 3.16. The highest BCUT2D eigenvalue weighted by molar-refractivity contribution is 14.0. The smallest absolute Gasteiger partial charge is 0.191 e. The number of hydrogen-bond acceptors (Lipinski definition) is 3. The van der Waals surface area contributed by atoms with Crippen molar-refractivity contribution in [3.63, 3.8) is 0 Å². The number of aliphatic imine (C=N–C) groups is 1. The molecule has 0 radical (unpaired) electrons. The summed E-state index contributed by atoms with van der Waals surface area (Å²) in [6.45, 7) is 9.00. The number of guanidine groups is 1. The molecule has 6 nitrogen and oxygen atoms in total. The summed E-state index contributed by atoms with van der Waals surface area (Å²) in [5, 5.41) is 6.68. The second-order valence-corrected chi connectivity index (χ2v) is 6.08. The van der Waals surface area contributed by atoms with E-state index < -0.39 is 0 Å². The van der Waals surface area contributed by atoms with Crippen LogP contribution in [0.4, 0.5) is 0 Å². The fraction of sp³-hybridized carbons (Fsp3) is 0.500. The van der Waals surface area contributed by atoms with E-state index in [1.165, 1.54) is 11.1 Å². The van der Waals surface area contributed by atoms with E-state index in [0.717, 1.165) is 51.6 Å². The first-order valence-electron chi connectivity index (χ1n) is 9.45. The second kappa shape index (κ2) is 14.4. The molecule has 0 bridgehead atoms.